The number of hydrogen-bond acceptors (Lipinski definition) is 7. The highest BCUT2D eigenvalue weighted by molar-refractivity contribution is 7.99. The largest absolute Gasteiger partial charge is 0.455 e. The van der Waals surface area contributed by atoms with Gasteiger partial charge >= 0.3 is 12.1 Å². The first kappa shape index (κ1) is 26.9. The zero-order chi connectivity index (χ0) is 26.1. The highest BCUT2D eigenvalue weighted by Gasteiger charge is 2.33. The molecular weight excluding hydrogens is 505 g/mol. The summed E-state index contributed by atoms with van der Waals surface area (Å²) in [6, 6.07) is 4.99. The summed E-state index contributed by atoms with van der Waals surface area (Å²) < 4.78 is 52.2. The van der Waals surface area contributed by atoms with E-state index >= 15 is 0 Å². The van der Waals surface area contributed by atoms with E-state index in [0.29, 0.717) is 10.8 Å². The number of halogens is 4. The van der Waals surface area contributed by atoms with Crippen LogP contribution in [0.3, 0.4) is 0 Å². The number of carbonyl (C=O) groups excluding carboxylic acids is 1. The van der Waals surface area contributed by atoms with E-state index in [4.69, 9.17) is 20.8 Å². The van der Waals surface area contributed by atoms with Gasteiger partial charge in [0.2, 0.25) is 0 Å². The van der Waals surface area contributed by atoms with Gasteiger partial charge < -0.3 is 14.5 Å². The lowest BCUT2D eigenvalue weighted by Crippen LogP contribution is -2.25. The van der Waals surface area contributed by atoms with E-state index in [-0.39, 0.29) is 33.1 Å². The van der Waals surface area contributed by atoms with Crippen molar-refractivity contribution < 1.29 is 27.1 Å². The van der Waals surface area contributed by atoms with Crippen LogP contribution in [-0.2, 0) is 10.9 Å². The standard InChI is InChI=1S/C24H24ClF3N2O4S/c1-6-35-19-11-17(31)15-10-13(24(26,27)28)9-14(21(15)33-19)12(2)29-16-7-8-18(25)30-20(16)22(32)34-23(3,4)5/h7-12,29H,6H2,1-5H3/t12-/m1/s1. The number of nitrogens with one attached hydrogen (secondary N) is 1. The number of benzene rings is 1. The molecular formula is C24H24ClF3N2O4S. The van der Waals surface area contributed by atoms with Crippen molar-refractivity contribution in [2.75, 3.05) is 11.1 Å². The molecule has 1 N–H and O–H groups in total. The Hall–Kier alpha value is -2.72. The zero-order valence-electron chi connectivity index (χ0n) is 19.7. The summed E-state index contributed by atoms with van der Waals surface area (Å²) in [5.41, 5.74) is -2.18. The third kappa shape index (κ3) is 6.49. The molecule has 11 heteroatoms. The molecule has 0 aliphatic rings. The fourth-order valence-corrected chi connectivity index (χ4v) is 4.07. The van der Waals surface area contributed by atoms with E-state index in [2.05, 4.69) is 10.3 Å². The second-order valence-electron chi connectivity index (χ2n) is 8.70. The van der Waals surface area contributed by atoms with Gasteiger partial charge in [-0.15, -0.1) is 0 Å². The molecule has 0 aliphatic carbocycles. The Kier molecular flexibility index (Phi) is 7.76. The molecule has 35 heavy (non-hydrogen) atoms. The molecule has 1 atom stereocenters. The summed E-state index contributed by atoms with van der Waals surface area (Å²) in [6.07, 6.45) is -4.69. The predicted octanol–water partition coefficient (Wildman–Crippen LogP) is 7.10. The van der Waals surface area contributed by atoms with Gasteiger partial charge in [0, 0.05) is 11.6 Å². The van der Waals surface area contributed by atoms with Gasteiger partial charge in [-0.25, -0.2) is 9.78 Å². The lowest BCUT2D eigenvalue weighted by molar-refractivity contribution is -0.137. The number of fused-ring (bicyclic) bond motifs is 1. The van der Waals surface area contributed by atoms with Crippen molar-refractivity contribution in [2.24, 2.45) is 0 Å². The summed E-state index contributed by atoms with van der Waals surface area (Å²) >= 11 is 7.23. The van der Waals surface area contributed by atoms with Gasteiger partial charge in [0.25, 0.3) is 0 Å². The van der Waals surface area contributed by atoms with Gasteiger partial charge in [0.1, 0.15) is 16.3 Å². The van der Waals surface area contributed by atoms with E-state index in [1.54, 1.807) is 27.7 Å². The number of nitrogens with zero attached hydrogens (tertiary/aromatic N) is 1. The van der Waals surface area contributed by atoms with Crippen molar-refractivity contribution >= 4 is 46.0 Å². The molecule has 0 radical (unpaired) electrons. The summed E-state index contributed by atoms with van der Waals surface area (Å²) in [5.74, 6) is -0.148. The molecule has 3 rings (SSSR count). The average Bonchev–Trinajstić information content (AvgIpc) is 2.72. The number of aromatic nitrogens is 1. The Bertz CT molecular complexity index is 1320. The highest BCUT2D eigenvalue weighted by Crippen LogP contribution is 2.37. The summed E-state index contributed by atoms with van der Waals surface area (Å²) in [4.78, 5) is 29.4. The molecule has 0 fully saturated rings. The van der Waals surface area contributed by atoms with Crippen molar-refractivity contribution in [1.29, 1.82) is 0 Å². The van der Waals surface area contributed by atoms with Crippen LogP contribution >= 0.6 is 23.4 Å². The average molecular weight is 529 g/mol. The van der Waals surface area contributed by atoms with Gasteiger partial charge in [-0.1, -0.05) is 30.3 Å². The topological polar surface area (TPSA) is 81.4 Å². The number of pyridine rings is 1. The van der Waals surface area contributed by atoms with Gasteiger partial charge in [-0.2, -0.15) is 13.2 Å². The Balaban J connectivity index is 2.14. The van der Waals surface area contributed by atoms with Gasteiger partial charge in [0.05, 0.1) is 22.7 Å². The lowest BCUT2D eigenvalue weighted by Gasteiger charge is -2.22. The smallest absolute Gasteiger partial charge is 0.416 e. The van der Waals surface area contributed by atoms with E-state index in [9.17, 15) is 22.8 Å². The monoisotopic (exact) mass is 528 g/mol. The van der Waals surface area contributed by atoms with Gasteiger partial charge in [-0.3, -0.25) is 4.79 Å². The maximum Gasteiger partial charge on any atom is 0.416 e. The van der Waals surface area contributed by atoms with Crippen molar-refractivity contribution in [2.45, 2.75) is 57.5 Å². The van der Waals surface area contributed by atoms with Crippen molar-refractivity contribution in [1.82, 2.24) is 4.98 Å². The zero-order valence-corrected chi connectivity index (χ0v) is 21.2. The van der Waals surface area contributed by atoms with Crippen LogP contribution in [0.4, 0.5) is 18.9 Å². The molecule has 6 nitrogen and oxygen atoms in total. The number of thioether (sulfide) groups is 1. The molecule has 0 saturated carbocycles. The van der Waals surface area contributed by atoms with Crippen LogP contribution < -0.4 is 10.7 Å². The summed E-state index contributed by atoms with van der Waals surface area (Å²) in [5, 5.41) is 3.15. The first-order valence-corrected chi connectivity index (χ1v) is 12.0. The quantitative estimate of drug-likeness (QED) is 0.207. The van der Waals surface area contributed by atoms with Crippen LogP contribution in [0.25, 0.3) is 11.0 Å². The summed E-state index contributed by atoms with van der Waals surface area (Å²) in [6.45, 7) is 8.51. The Labute approximate surface area is 209 Å². The molecule has 3 aromatic rings. The predicted molar refractivity (Wildman–Crippen MR) is 130 cm³/mol. The SMILES string of the molecule is CCSc1cc(=O)c2cc(C(F)(F)F)cc([C@@H](C)Nc3ccc(Cl)nc3C(=O)OC(C)(C)C)c2o1. The Morgan fingerprint density at radius 1 is 1.23 bits per heavy atom. The minimum atomic E-state index is -4.69. The molecule has 0 saturated heterocycles. The molecule has 1 aromatic carbocycles. The van der Waals surface area contributed by atoms with Gasteiger partial charge in [-0.05, 0) is 57.7 Å². The molecule has 2 heterocycles. The van der Waals surface area contributed by atoms with Crippen LogP contribution in [0, 0.1) is 0 Å². The molecule has 0 aliphatic heterocycles. The molecule has 0 spiro atoms. The Morgan fingerprint density at radius 3 is 2.51 bits per heavy atom. The minimum absolute atomic E-state index is 0.0298. The summed E-state index contributed by atoms with van der Waals surface area (Å²) in [7, 11) is 0. The molecule has 188 valence electrons. The van der Waals surface area contributed by atoms with Crippen LogP contribution in [0.5, 0.6) is 0 Å². The number of rotatable bonds is 6. The maximum atomic E-state index is 13.6. The fourth-order valence-electron chi connectivity index (χ4n) is 3.31. The van der Waals surface area contributed by atoms with E-state index < -0.39 is 34.8 Å². The second-order valence-corrected chi connectivity index (χ2v) is 10.4. The first-order chi connectivity index (χ1) is 16.2. The third-order valence-electron chi connectivity index (χ3n) is 4.74. The fraction of sp³-hybridized carbons (Fsp3) is 0.375. The van der Waals surface area contributed by atoms with Crippen LogP contribution in [0.15, 0.2) is 44.6 Å². The third-order valence-corrected chi connectivity index (χ3v) is 5.73. The van der Waals surface area contributed by atoms with E-state index in [1.165, 1.54) is 30.0 Å². The first-order valence-electron chi connectivity index (χ1n) is 10.7. The normalized spacial score (nSPS) is 13.1. The van der Waals surface area contributed by atoms with Crippen LogP contribution in [-0.4, -0.2) is 22.3 Å². The van der Waals surface area contributed by atoms with Crippen molar-refractivity contribution in [3.8, 4) is 0 Å². The number of anilines is 1. The molecule has 2 aromatic heterocycles. The minimum Gasteiger partial charge on any atom is -0.455 e. The highest BCUT2D eigenvalue weighted by atomic mass is 35.5. The van der Waals surface area contributed by atoms with Gasteiger partial charge in [0.15, 0.2) is 16.2 Å². The molecule has 0 unspecified atom stereocenters. The van der Waals surface area contributed by atoms with E-state index in [1.807, 2.05) is 6.92 Å². The maximum absolute atomic E-state index is 13.6. The van der Waals surface area contributed by atoms with Crippen molar-refractivity contribution in [3.63, 3.8) is 0 Å². The molecule has 0 amide bonds. The number of hydrogen-bond donors (Lipinski definition) is 1. The van der Waals surface area contributed by atoms with E-state index in [0.717, 1.165) is 12.1 Å². The number of ether oxygens (including phenoxy) is 1. The Morgan fingerprint density at radius 2 is 1.91 bits per heavy atom. The van der Waals surface area contributed by atoms with Crippen LogP contribution in [0.2, 0.25) is 5.15 Å². The number of alkyl halides is 3. The second kappa shape index (κ2) is 10.1. The number of carbonyl (C=O) groups is 1. The number of esters is 1. The van der Waals surface area contributed by atoms with Crippen molar-refractivity contribution in [3.05, 3.63) is 62.5 Å². The lowest BCUT2D eigenvalue weighted by atomic mass is 10.00. The van der Waals surface area contributed by atoms with Crippen LogP contribution in [0.1, 0.15) is 62.3 Å². The molecule has 0 bridgehead atoms.